The molecule has 0 radical (unpaired) electrons. The monoisotopic (exact) mass is 330 g/mol. The van der Waals surface area contributed by atoms with Crippen molar-refractivity contribution in [2.24, 2.45) is 0 Å². The van der Waals surface area contributed by atoms with Crippen molar-refractivity contribution in [2.75, 3.05) is 18.0 Å². The number of aliphatic hydroxyl groups excluding tert-OH is 1. The molecule has 1 aromatic carbocycles. The van der Waals surface area contributed by atoms with Crippen molar-refractivity contribution in [1.82, 2.24) is 14.6 Å². The first kappa shape index (κ1) is 15.6. The molecule has 2 heterocycles. The molecule has 6 nitrogen and oxygen atoms in total. The molecule has 2 aromatic heterocycles. The van der Waals surface area contributed by atoms with Crippen molar-refractivity contribution in [3.05, 3.63) is 58.0 Å². The van der Waals surface area contributed by atoms with Crippen LogP contribution in [0.4, 0.5) is 5.13 Å². The zero-order valence-electron chi connectivity index (χ0n) is 13.0. The molecule has 0 spiro atoms. The number of benzene rings is 1. The maximum Gasteiger partial charge on any atom is 0.275 e. The second kappa shape index (κ2) is 6.47. The van der Waals surface area contributed by atoms with Gasteiger partial charge in [0.15, 0.2) is 0 Å². The minimum Gasteiger partial charge on any atom is -0.387 e. The third-order valence-corrected chi connectivity index (χ3v) is 4.65. The highest BCUT2D eigenvalue weighted by Crippen LogP contribution is 2.24. The van der Waals surface area contributed by atoms with Crippen LogP contribution in [0.5, 0.6) is 0 Å². The minimum atomic E-state index is -0.618. The van der Waals surface area contributed by atoms with Gasteiger partial charge in [0.2, 0.25) is 10.1 Å². The lowest BCUT2D eigenvalue weighted by Crippen LogP contribution is -2.28. The van der Waals surface area contributed by atoms with Gasteiger partial charge in [0, 0.05) is 18.8 Å². The Balaban J connectivity index is 1.85. The molecule has 0 bridgehead atoms. The van der Waals surface area contributed by atoms with E-state index in [-0.39, 0.29) is 5.56 Å². The number of anilines is 1. The quantitative estimate of drug-likeness (QED) is 0.775. The van der Waals surface area contributed by atoms with Gasteiger partial charge in [-0.25, -0.2) is 4.98 Å². The normalized spacial score (nSPS) is 12.5. The van der Waals surface area contributed by atoms with E-state index in [1.54, 1.807) is 0 Å². The van der Waals surface area contributed by atoms with E-state index in [9.17, 15) is 9.90 Å². The van der Waals surface area contributed by atoms with Gasteiger partial charge < -0.3 is 10.0 Å². The van der Waals surface area contributed by atoms with Crippen LogP contribution in [0.15, 0.2) is 41.3 Å². The van der Waals surface area contributed by atoms with Gasteiger partial charge in [0.05, 0.1) is 12.6 Å². The SMILES string of the molecule is CCN(CC(O)c1ccc(C)cc1)c1nn2c(=O)ccnc2s1. The van der Waals surface area contributed by atoms with Gasteiger partial charge in [0.25, 0.3) is 5.56 Å². The standard InChI is InChI=1S/C16H18N4O2S/c1-3-19(10-13(21)12-6-4-11(2)5-7-12)16-18-20-14(22)8-9-17-15(20)23-16/h4-9,13,21H,3,10H2,1-2H3. The highest BCUT2D eigenvalue weighted by molar-refractivity contribution is 7.20. The van der Waals surface area contributed by atoms with Crippen molar-refractivity contribution >= 4 is 21.4 Å². The van der Waals surface area contributed by atoms with Crippen molar-refractivity contribution in [3.8, 4) is 0 Å². The van der Waals surface area contributed by atoms with E-state index in [0.717, 1.165) is 11.1 Å². The van der Waals surface area contributed by atoms with Crippen LogP contribution in [0, 0.1) is 6.92 Å². The van der Waals surface area contributed by atoms with E-state index >= 15 is 0 Å². The van der Waals surface area contributed by atoms with Crippen LogP contribution in [0.2, 0.25) is 0 Å². The third-order valence-electron chi connectivity index (χ3n) is 3.67. The fourth-order valence-corrected chi connectivity index (χ4v) is 3.26. The Morgan fingerprint density at radius 3 is 2.70 bits per heavy atom. The van der Waals surface area contributed by atoms with E-state index < -0.39 is 6.10 Å². The summed E-state index contributed by atoms with van der Waals surface area (Å²) in [6, 6.07) is 9.20. The Morgan fingerprint density at radius 2 is 2.04 bits per heavy atom. The average molecular weight is 330 g/mol. The summed E-state index contributed by atoms with van der Waals surface area (Å²) < 4.78 is 1.29. The zero-order valence-corrected chi connectivity index (χ0v) is 13.8. The van der Waals surface area contributed by atoms with Crippen LogP contribution in [0.1, 0.15) is 24.2 Å². The van der Waals surface area contributed by atoms with E-state index in [1.165, 1.54) is 28.1 Å². The van der Waals surface area contributed by atoms with Crippen LogP contribution in [-0.2, 0) is 0 Å². The van der Waals surface area contributed by atoms with Crippen LogP contribution in [0.3, 0.4) is 0 Å². The summed E-state index contributed by atoms with van der Waals surface area (Å²) >= 11 is 1.34. The van der Waals surface area contributed by atoms with E-state index in [4.69, 9.17) is 0 Å². The lowest BCUT2D eigenvalue weighted by molar-refractivity contribution is 0.183. The highest BCUT2D eigenvalue weighted by Gasteiger charge is 2.17. The zero-order chi connectivity index (χ0) is 16.4. The molecule has 0 amide bonds. The molecule has 1 unspecified atom stereocenters. The number of likely N-dealkylation sites (N-methyl/N-ethyl adjacent to an activating group) is 1. The molecule has 0 aliphatic carbocycles. The lowest BCUT2D eigenvalue weighted by Gasteiger charge is -2.23. The Bertz CT molecular complexity index is 856. The number of aryl methyl sites for hydroxylation is 1. The molecule has 3 aromatic rings. The molecular weight excluding hydrogens is 312 g/mol. The first-order chi connectivity index (χ1) is 11.1. The Hall–Kier alpha value is -2.25. The molecule has 0 fully saturated rings. The maximum absolute atomic E-state index is 11.8. The first-order valence-electron chi connectivity index (χ1n) is 7.43. The van der Waals surface area contributed by atoms with Crippen LogP contribution in [-0.4, -0.2) is 32.8 Å². The fourth-order valence-electron chi connectivity index (χ4n) is 2.31. The fraction of sp³-hybridized carbons (Fsp3) is 0.312. The predicted molar refractivity (Wildman–Crippen MR) is 91.2 cm³/mol. The van der Waals surface area contributed by atoms with Crippen molar-refractivity contribution in [3.63, 3.8) is 0 Å². The van der Waals surface area contributed by atoms with Crippen LogP contribution < -0.4 is 10.5 Å². The van der Waals surface area contributed by atoms with Crippen molar-refractivity contribution in [1.29, 1.82) is 0 Å². The Kier molecular flexibility index (Phi) is 4.40. The molecular formula is C16H18N4O2S. The van der Waals surface area contributed by atoms with Crippen molar-refractivity contribution in [2.45, 2.75) is 20.0 Å². The van der Waals surface area contributed by atoms with Gasteiger partial charge in [-0.15, -0.1) is 5.10 Å². The molecule has 120 valence electrons. The number of rotatable bonds is 5. The second-order valence-electron chi connectivity index (χ2n) is 5.33. The number of hydrogen-bond donors (Lipinski definition) is 1. The van der Waals surface area contributed by atoms with Gasteiger partial charge in [-0.3, -0.25) is 4.79 Å². The summed E-state index contributed by atoms with van der Waals surface area (Å²) in [5.41, 5.74) is 1.82. The van der Waals surface area contributed by atoms with Crippen LogP contribution in [0.25, 0.3) is 4.96 Å². The molecule has 7 heteroatoms. The van der Waals surface area contributed by atoms with Gasteiger partial charge >= 0.3 is 0 Å². The summed E-state index contributed by atoms with van der Waals surface area (Å²) in [7, 11) is 0. The number of hydrogen-bond acceptors (Lipinski definition) is 6. The Morgan fingerprint density at radius 1 is 1.30 bits per heavy atom. The van der Waals surface area contributed by atoms with E-state index in [0.29, 0.717) is 23.2 Å². The molecule has 0 aliphatic heterocycles. The highest BCUT2D eigenvalue weighted by atomic mass is 32.1. The Labute approximate surface area is 137 Å². The predicted octanol–water partition coefficient (Wildman–Crippen LogP) is 2.02. The van der Waals surface area contributed by atoms with Gasteiger partial charge in [-0.05, 0) is 19.4 Å². The summed E-state index contributed by atoms with van der Waals surface area (Å²) in [4.78, 5) is 18.4. The number of fused-ring (bicyclic) bond motifs is 1. The second-order valence-corrected chi connectivity index (χ2v) is 6.26. The third kappa shape index (κ3) is 3.25. The molecule has 1 N–H and O–H groups in total. The van der Waals surface area contributed by atoms with Crippen molar-refractivity contribution < 1.29 is 5.11 Å². The first-order valence-corrected chi connectivity index (χ1v) is 8.24. The molecule has 0 saturated carbocycles. The number of aliphatic hydroxyl groups is 1. The molecule has 0 saturated heterocycles. The lowest BCUT2D eigenvalue weighted by atomic mass is 10.1. The average Bonchev–Trinajstić information content (AvgIpc) is 2.98. The topological polar surface area (TPSA) is 70.7 Å². The number of nitrogens with zero attached hydrogens (tertiary/aromatic N) is 4. The minimum absolute atomic E-state index is 0.201. The summed E-state index contributed by atoms with van der Waals surface area (Å²) in [5.74, 6) is 0. The van der Waals surface area contributed by atoms with Gasteiger partial charge in [0.1, 0.15) is 0 Å². The van der Waals surface area contributed by atoms with Gasteiger partial charge in [-0.2, -0.15) is 4.52 Å². The van der Waals surface area contributed by atoms with E-state index in [2.05, 4.69) is 10.1 Å². The summed E-state index contributed by atoms with van der Waals surface area (Å²) in [6.45, 7) is 5.09. The van der Waals surface area contributed by atoms with Crippen LogP contribution >= 0.6 is 11.3 Å². The summed E-state index contributed by atoms with van der Waals surface area (Å²) in [6.07, 6.45) is 0.865. The number of aromatic nitrogens is 3. The largest absolute Gasteiger partial charge is 0.387 e. The van der Waals surface area contributed by atoms with E-state index in [1.807, 2.05) is 43.0 Å². The van der Waals surface area contributed by atoms with Gasteiger partial charge in [-0.1, -0.05) is 41.2 Å². The molecule has 0 aliphatic rings. The molecule has 1 atom stereocenters. The summed E-state index contributed by atoms with van der Waals surface area (Å²) in [5, 5.41) is 15.4. The molecule has 23 heavy (non-hydrogen) atoms. The molecule has 3 rings (SSSR count). The maximum atomic E-state index is 11.8. The smallest absolute Gasteiger partial charge is 0.275 e.